The Bertz CT molecular complexity index is 583. The molecule has 0 fully saturated rings. The van der Waals surface area contributed by atoms with Gasteiger partial charge >= 0.3 is 5.97 Å². The van der Waals surface area contributed by atoms with Gasteiger partial charge in [-0.3, -0.25) is 9.59 Å². The zero-order chi connectivity index (χ0) is 12.3. The van der Waals surface area contributed by atoms with Crippen molar-refractivity contribution in [2.24, 2.45) is 0 Å². The monoisotopic (exact) mass is 231 g/mol. The van der Waals surface area contributed by atoms with Crippen molar-refractivity contribution < 1.29 is 14.7 Å². The Morgan fingerprint density at radius 1 is 1.24 bits per heavy atom. The van der Waals surface area contributed by atoms with Crippen LogP contribution in [0.4, 0.5) is 0 Å². The molecule has 2 aromatic rings. The Labute approximate surface area is 96.3 Å². The van der Waals surface area contributed by atoms with Crippen molar-refractivity contribution in [1.82, 2.24) is 15.5 Å². The first-order valence-corrected chi connectivity index (χ1v) is 4.89. The van der Waals surface area contributed by atoms with Crippen LogP contribution in [0.3, 0.4) is 0 Å². The molecule has 0 atom stereocenters. The van der Waals surface area contributed by atoms with Crippen molar-refractivity contribution in [2.75, 3.05) is 6.54 Å². The summed E-state index contributed by atoms with van der Waals surface area (Å²) in [6, 6.07) is 8.79. The van der Waals surface area contributed by atoms with Crippen LogP contribution in [0.25, 0.3) is 10.9 Å². The van der Waals surface area contributed by atoms with Gasteiger partial charge in [0.15, 0.2) is 5.69 Å². The van der Waals surface area contributed by atoms with Gasteiger partial charge < -0.3 is 10.4 Å². The summed E-state index contributed by atoms with van der Waals surface area (Å²) in [4.78, 5) is 21.8. The minimum absolute atomic E-state index is 0.102. The number of nitrogens with one attached hydrogen (secondary N) is 1. The molecular weight excluding hydrogens is 222 g/mol. The minimum Gasteiger partial charge on any atom is -0.480 e. The highest BCUT2D eigenvalue weighted by Crippen LogP contribution is 2.10. The first-order valence-electron chi connectivity index (χ1n) is 4.89. The number of amides is 1. The Morgan fingerprint density at radius 2 is 2.00 bits per heavy atom. The molecule has 6 heteroatoms. The quantitative estimate of drug-likeness (QED) is 0.799. The summed E-state index contributed by atoms with van der Waals surface area (Å²) in [6.07, 6.45) is 0. The Morgan fingerprint density at radius 3 is 2.76 bits per heavy atom. The number of carboxylic acids is 1. The SMILES string of the molecule is O=C(O)CNC(=O)c1cc2ccccc2nn1. The van der Waals surface area contributed by atoms with Crippen LogP contribution in [0.1, 0.15) is 10.5 Å². The van der Waals surface area contributed by atoms with Gasteiger partial charge in [-0.1, -0.05) is 18.2 Å². The van der Waals surface area contributed by atoms with Crippen LogP contribution in [0.15, 0.2) is 30.3 Å². The molecule has 0 aliphatic heterocycles. The normalized spacial score (nSPS) is 10.1. The van der Waals surface area contributed by atoms with E-state index in [-0.39, 0.29) is 5.69 Å². The lowest BCUT2D eigenvalue weighted by Gasteiger charge is -2.02. The van der Waals surface area contributed by atoms with E-state index in [0.717, 1.165) is 5.39 Å². The summed E-state index contributed by atoms with van der Waals surface area (Å²) >= 11 is 0. The second-order valence-corrected chi connectivity index (χ2v) is 3.36. The van der Waals surface area contributed by atoms with E-state index >= 15 is 0 Å². The number of nitrogens with zero attached hydrogens (tertiary/aromatic N) is 2. The molecule has 1 aromatic heterocycles. The van der Waals surface area contributed by atoms with Gasteiger partial charge in [0.25, 0.3) is 5.91 Å². The highest BCUT2D eigenvalue weighted by atomic mass is 16.4. The Kier molecular flexibility index (Phi) is 2.95. The van der Waals surface area contributed by atoms with Crippen molar-refractivity contribution in [2.45, 2.75) is 0 Å². The Hall–Kier alpha value is -2.50. The molecule has 6 nitrogen and oxygen atoms in total. The molecule has 0 spiro atoms. The second kappa shape index (κ2) is 4.56. The van der Waals surface area contributed by atoms with Crippen molar-refractivity contribution in [3.63, 3.8) is 0 Å². The van der Waals surface area contributed by atoms with Gasteiger partial charge in [0.1, 0.15) is 6.54 Å². The third-order valence-electron chi connectivity index (χ3n) is 2.13. The number of hydrogen-bond acceptors (Lipinski definition) is 4. The average Bonchev–Trinajstić information content (AvgIpc) is 2.35. The number of hydrogen-bond donors (Lipinski definition) is 2. The third-order valence-corrected chi connectivity index (χ3v) is 2.13. The van der Waals surface area contributed by atoms with Crippen molar-refractivity contribution in [1.29, 1.82) is 0 Å². The van der Waals surface area contributed by atoms with Gasteiger partial charge in [0.2, 0.25) is 0 Å². The van der Waals surface area contributed by atoms with Crippen molar-refractivity contribution in [3.8, 4) is 0 Å². The zero-order valence-corrected chi connectivity index (χ0v) is 8.75. The zero-order valence-electron chi connectivity index (χ0n) is 8.75. The predicted octanol–water partition coefficient (Wildman–Crippen LogP) is 0.444. The highest BCUT2D eigenvalue weighted by Gasteiger charge is 2.09. The molecule has 17 heavy (non-hydrogen) atoms. The van der Waals surface area contributed by atoms with Gasteiger partial charge in [0, 0.05) is 5.39 Å². The van der Waals surface area contributed by atoms with Gasteiger partial charge in [0.05, 0.1) is 5.52 Å². The standard InChI is InChI=1S/C11H9N3O3/c15-10(16)6-12-11(17)9-5-7-3-1-2-4-8(7)13-14-9/h1-5H,6H2,(H,12,17)(H,15,16). The van der Waals surface area contributed by atoms with Crippen LogP contribution in [0.5, 0.6) is 0 Å². The molecule has 1 heterocycles. The number of carbonyl (C=O) groups excluding carboxylic acids is 1. The van der Waals surface area contributed by atoms with E-state index in [0.29, 0.717) is 5.52 Å². The largest absolute Gasteiger partial charge is 0.480 e. The van der Waals surface area contributed by atoms with E-state index in [4.69, 9.17) is 5.11 Å². The van der Waals surface area contributed by atoms with Crippen LogP contribution in [0, 0.1) is 0 Å². The molecule has 0 aliphatic carbocycles. The van der Waals surface area contributed by atoms with Gasteiger partial charge in [-0.25, -0.2) is 0 Å². The smallest absolute Gasteiger partial charge is 0.322 e. The first kappa shape index (κ1) is 11.0. The number of carboxylic acid groups (broad SMARTS) is 1. The number of benzene rings is 1. The molecule has 2 N–H and O–H groups in total. The average molecular weight is 231 g/mol. The van der Waals surface area contributed by atoms with Gasteiger partial charge in [-0.15, -0.1) is 10.2 Å². The molecule has 2 rings (SSSR count). The lowest BCUT2D eigenvalue weighted by atomic mass is 10.2. The van der Waals surface area contributed by atoms with Crippen LogP contribution in [-0.2, 0) is 4.79 Å². The maximum absolute atomic E-state index is 11.5. The summed E-state index contributed by atoms with van der Waals surface area (Å²) in [6.45, 7) is -0.437. The number of fused-ring (bicyclic) bond motifs is 1. The Balaban J connectivity index is 2.24. The lowest BCUT2D eigenvalue weighted by Crippen LogP contribution is -2.30. The van der Waals surface area contributed by atoms with E-state index in [1.54, 1.807) is 18.2 Å². The van der Waals surface area contributed by atoms with Crippen LogP contribution < -0.4 is 5.32 Å². The molecule has 0 unspecified atom stereocenters. The number of aliphatic carboxylic acids is 1. The number of aromatic nitrogens is 2. The van der Waals surface area contributed by atoms with Gasteiger partial charge in [-0.2, -0.15) is 0 Å². The molecule has 0 saturated heterocycles. The van der Waals surface area contributed by atoms with Crippen molar-refractivity contribution in [3.05, 3.63) is 36.0 Å². The fourth-order valence-electron chi connectivity index (χ4n) is 1.34. The molecule has 0 bridgehead atoms. The minimum atomic E-state index is -1.10. The summed E-state index contributed by atoms with van der Waals surface area (Å²) < 4.78 is 0. The maximum Gasteiger partial charge on any atom is 0.322 e. The van der Waals surface area contributed by atoms with Crippen LogP contribution >= 0.6 is 0 Å². The molecule has 1 aromatic carbocycles. The second-order valence-electron chi connectivity index (χ2n) is 3.36. The molecule has 0 radical (unpaired) electrons. The topological polar surface area (TPSA) is 92.2 Å². The summed E-state index contributed by atoms with van der Waals surface area (Å²) in [5, 5.41) is 19.0. The van der Waals surface area contributed by atoms with Crippen LogP contribution in [-0.4, -0.2) is 33.7 Å². The number of carbonyl (C=O) groups is 2. The number of rotatable bonds is 3. The predicted molar refractivity (Wildman–Crippen MR) is 59.5 cm³/mol. The fraction of sp³-hybridized carbons (Fsp3) is 0.0909. The van der Waals surface area contributed by atoms with E-state index < -0.39 is 18.4 Å². The highest BCUT2D eigenvalue weighted by molar-refractivity contribution is 5.96. The van der Waals surface area contributed by atoms with Crippen molar-refractivity contribution >= 4 is 22.8 Å². The van der Waals surface area contributed by atoms with Gasteiger partial charge in [-0.05, 0) is 12.1 Å². The molecular formula is C11H9N3O3. The summed E-state index contributed by atoms with van der Waals surface area (Å²) in [7, 11) is 0. The summed E-state index contributed by atoms with van der Waals surface area (Å²) in [5.74, 6) is -1.65. The van der Waals surface area contributed by atoms with E-state index in [2.05, 4.69) is 15.5 Å². The molecule has 0 aliphatic rings. The molecule has 1 amide bonds. The molecule has 0 saturated carbocycles. The van der Waals surface area contributed by atoms with E-state index in [1.807, 2.05) is 12.1 Å². The lowest BCUT2D eigenvalue weighted by molar-refractivity contribution is -0.135. The van der Waals surface area contributed by atoms with Crippen LogP contribution in [0.2, 0.25) is 0 Å². The maximum atomic E-state index is 11.5. The third kappa shape index (κ3) is 2.54. The molecule has 86 valence electrons. The van der Waals surface area contributed by atoms with E-state index in [1.165, 1.54) is 0 Å². The van der Waals surface area contributed by atoms with E-state index in [9.17, 15) is 9.59 Å². The fourth-order valence-corrected chi connectivity index (χ4v) is 1.34. The summed E-state index contributed by atoms with van der Waals surface area (Å²) in [5.41, 5.74) is 0.784. The first-order chi connectivity index (χ1) is 8.16.